The fourth-order valence-corrected chi connectivity index (χ4v) is 4.22. The molecule has 0 aliphatic heterocycles. The minimum Gasteiger partial charge on any atom is -0.325 e. The number of hydrogen-bond acceptors (Lipinski definition) is 5. The van der Waals surface area contributed by atoms with Crippen LogP contribution in [0.2, 0.25) is 5.02 Å². The van der Waals surface area contributed by atoms with Gasteiger partial charge in [-0.1, -0.05) is 41.9 Å². The highest BCUT2D eigenvalue weighted by molar-refractivity contribution is 8.00. The van der Waals surface area contributed by atoms with E-state index >= 15 is 0 Å². The molecule has 1 heterocycles. The maximum atomic E-state index is 13.2. The summed E-state index contributed by atoms with van der Waals surface area (Å²) in [4.78, 5) is 42.9. The van der Waals surface area contributed by atoms with Gasteiger partial charge in [0.25, 0.3) is 11.8 Å². The van der Waals surface area contributed by atoms with Crippen molar-refractivity contribution in [2.75, 3.05) is 16.4 Å². The first-order chi connectivity index (χ1) is 18.5. The van der Waals surface area contributed by atoms with Gasteiger partial charge in [-0.05, 0) is 72.3 Å². The molecule has 0 bridgehead atoms. The van der Waals surface area contributed by atoms with Crippen molar-refractivity contribution >= 4 is 58.5 Å². The van der Waals surface area contributed by atoms with E-state index in [1.54, 1.807) is 91.3 Å². The third-order valence-electron chi connectivity index (χ3n) is 5.13. The van der Waals surface area contributed by atoms with Gasteiger partial charge in [-0.15, -0.1) is 11.8 Å². The minimum absolute atomic E-state index is 0.0624. The Morgan fingerprint density at radius 1 is 0.816 bits per heavy atom. The molecular formula is C29H23ClN4O3S. The Labute approximate surface area is 229 Å². The van der Waals surface area contributed by atoms with Gasteiger partial charge in [0.05, 0.1) is 5.75 Å². The molecule has 9 heteroatoms. The van der Waals surface area contributed by atoms with Crippen molar-refractivity contribution in [1.29, 1.82) is 0 Å². The Morgan fingerprint density at radius 2 is 1.53 bits per heavy atom. The predicted octanol–water partition coefficient (Wildman–Crippen LogP) is 5.88. The summed E-state index contributed by atoms with van der Waals surface area (Å²) in [6.07, 6.45) is 4.78. The molecule has 0 spiro atoms. The average molecular weight is 543 g/mol. The fraction of sp³-hybridized carbons (Fsp3) is 0.0345. The predicted molar refractivity (Wildman–Crippen MR) is 152 cm³/mol. The van der Waals surface area contributed by atoms with Crippen LogP contribution in [0.3, 0.4) is 0 Å². The number of halogens is 1. The molecule has 1 aromatic heterocycles. The second-order valence-electron chi connectivity index (χ2n) is 7.98. The third kappa shape index (κ3) is 8.06. The molecule has 38 heavy (non-hydrogen) atoms. The SMILES string of the molecule is O=C(CSc1ccc(NC(=O)/C(=C/c2cccc(Cl)c2)NC(=O)c2ccccc2)cc1)Nc1ccncc1. The van der Waals surface area contributed by atoms with Gasteiger partial charge in [-0.25, -0.2) is 0 Å². The zero-order valence-electron chi connectivity index (χ0n) is 20.1. The van der Waals surface area contributed by atoms with E-state index in [0.717, 1.165) is 4.90 Å². The maximum absolute atomic E-state index is 13.2. The quantitative estimate of drug-likeness (QED) is 0.181. The Morgan fingerprint density at radius 3 is 2.24 bits per heavy atom. The van der Waals surface area contributed by atoms with Gasteiger partial charge in [0, 0.05) is 39.3 Å². The number of amides is 3. The molecule has 3 amide bonds. The van der Waals surface area contributed by atoms with Gasteiger partial charge in [0.2, 0.25) is 5.91 Å². The van der Waals surface area contributed by atoms with Crippen molar-refractivity contribution in [2.24, 2.45) is 0 Å². The van der Waals surface area contributed by atoms with Crippen molar-refractivity contribution < 1.29 is 14.4 Å². The van der Waals surface area contributed by atoms with Crippen LogP contribution in [0.15, 0.2) is 114 Å². The number of anilines is 2. The van der Waals surface area contributed by atoms with Crippen molar-refractivity contribution in [3.05, 3.63) is 125 Å². The molecule has 0 atom stereocenters. The highest BCUT2D eigenvalue weighted by Crippen LogP contribution is 2.21. The molecular weight excluding hydrogens is 520 g/mol. The number of nitrogens with one attached hydrogen (secondary N) is 3. The Balaban J connectivity index is 1.41. The summed E-state index contributed by atoms with van der Waals surface area (Å²) in [6, 6.07) is 26.1. The van der Waals surface area contributed by atoms with Gasteiger partial charge in [-0.2, -0.15) is 0 Å². The number of pyridine rings is 1. The van der Waals surface area contributed by atoms with E-state index in [0.29, 0.717) is 27.5 Å². The maximum Gasteiger partial charge on any atom is 0.272 e. The number of aromatic nitrogens is 1. The van der Waals surface area contributed by atoms with E-state index in [1.165, 1.54) is 11.8 Å². The van der Waals surface area contributed by atoms with E-state index < -0.39 is 11.8 Å². The number of carbonyl (C=O) groups excluding carboxylic acids is 3. The van der Waals surface area contributed by atoms with Gasteiger partial charge < -0.3 is 16.0 Å². The summed E-state index contributed by atoms with van der Waals surface area (Å²) in [7, 11) is 0. The first kappa shape index (κ1) is 26.7. The molecule has 0 saturated heterocycles. The lowest BCUT2D eigenvalue weighted by atomic mass is 10.1. The Bertz CT molecular complexity index is 1450. The van der Waals surface area contributed by atoms with Crippen LogP contribution in [0.1, 0.15) is 15.9 Å². The van der Waals surface area contributed by atoms with Crippen LogP contribution < -0.4 is 16.0 Å². The summed E-state index contributed by atoms with van der Waals surface area (Å²) in [5, 5.41) is 8.83. The molecule has 4 rings (SSSR count). The third-order valence-corrected chi connectivity index (χ3v) is 6.38. The van der Waals surface area contributed by atoms with Crippen LogP contribution >= 0.6 is 23.4 Å². The summed E-state index contributed by atoms with van der Waals surface area (Å²) >= 11 is 7.46. The molecule has 7 nitrogen and oxygen atoms in total. The molecule has 0 aliphatic carbocycles. The lowest BCUT2D eigenvalue weighted by Crippen LogP contribution is -2.30. The van der Waals surface area contributed by atoms with Crippen LogP contribution in [-0.4, -0.2) is 28.5 Å². The van der Waals surface area contributed by atoms with E-state index in [-0.39, 0.29) is 17.4 Å². The second kappa shape index (κ2) is 13.2. The second-order valence-corrected chi connectivity index (χ2v) is 9.47. The largest absolute Gasteiger partial charge is 0.325 e. The summed E-state index contributed by atoms with van der Waals surface area (Å²) in [5.41, 5.74) is 2.36. The van der Waals surface area contributed by atoms with E-state index in [9.17, 15) is 14.4 Å². The topological polar surface area (TPSA) is 100 Å². The highest BCUT2D eigenvalue weighted by Gasteiger charge is 2.15. The van der Waals surface area contributed by atoms with E-state index in [1.807, 2.05) is 18.2 Å². The Hall–Kier alpha value is -4.40. The van der Waals surface area contributed by atoms with Crippen LogP contribution in [0.25, 0.3) is 6.08 Å². The molecule has 0 saturated carbocycles. The molecule has 0 radical (unpaired) electrons. The summed E-state index contributed by atoms with van der Waals surface area (Å²) < 4.78 is 0. The van der Waals surface area contributed by atoms with Crippen LogP contribution in [0, 0.1) is 0 Å². The molecule has 190 valence electrons. The zero-order chi connectivity index (χ0) is 26.7. The number of rotatable bonds is 9. The lowest BCUT2D eigenvalue weighted by molar-refractivity contribution is -0.114. The van der Waals surface area contributed by atoms with Gasteiger partial charge >= 0.3 is 0 Å². The van der Waals surface area contributed by atoms with Crippen LogP contribution in [-0.2, 0) is 9.59 Å². The van der Waals surface area contributed by atoms with E-state index in [2.05, 4.69) is 20.9 Å². The van der Waals surface area contributed by atoms with Gasteiger partial charge in [0.1, 0.15) is 5.70 Å². The van der Waals surface area contributed by atoms with Crippen LogP contribution in [0.5, 0.6) is 0 Å². The number of nitrogens with zero attached hydrogens (tertiary/aromatic N) is 1. The zero-order valence-corrected chi connectivity index (χ0v) is 21.6. The number of carbonyl (C=O) groups is 3. The number of thioether (sulfide) groups is 1. The number of benzene rings is 3. The van der Waals surface area contributed by atoms with Crippen molar-refractivity contribution in [1.82, 2.24) is 10.3 Å². The van der Waals surface area contributed by atoms with Crippen LogP contribution in [0.4, 0.5) is 11.4 Å². The van der Waals surface area contributed by atoms with Crippen molar-refractivity contribution in [2.45, 2.75) is 4.90 Å². The lowest BCUT2D eigenvalue weighted by Gasteiger charge is -2.12. The molecule has 0 unspecified atom stereocenters. The van der Waals surface area contributed by atoms with Gasteiger partial charge in [0.15, 0.2) is 0 Å². The van der Waals surface area contributed by atoms with E-state index in [4.69, 9.17) is 11.6 Å². The Kier molecular flexibility index (Phi) is 9.28. The van der Waals surface area contributed by atoms with Crippen molar-refractivity contribution in [3.8, 4) is 0 Å². The standard InChI is InChI=1S/C29H23ClN4O3S/c30-22-8-4-5-20(17-22)18-26(34-28(36)21-6-2-1-3-7-21)29(37)33-23-9-11-25(12-10-23)38-19-27(35)32-24-13-15-31-16-14-24/h1-18H,19H2,(H,33,37)(H,34,36)(H,31,32,35)/b26-18-. The fourth-order valence-electron chi connectivity index (χ4n) is 3.32. The average Bonchev–Trinajstić information content (AvgIpc) is 2.93. The molecule has 0 aliphatic rings. The molecule has 3 aromatic carbocycles. The normalized spacial score (nSPS) is 10.9. The van der Waals surface area contributed by atoms with Crippen molar-refractivity contribution in [3.63, 3.8) is 0 Å². The highest BCUT2D eigenvalue weighted by atomic mass is 35.5. The number of hydrogen-bond donors (Lipinski definition) is 3. The molecule has 4 aromatic rings. The summed E-state index contributed by atoms with van der Waals surface area (Å²) in [5.74, 6) is -0.813. The molecule has 3 N–H and O–H groups in total. The summed E-state index contributed by atoms with van der Waals surface area (Å²) in [6.45, 7) is 0. The molecule has 0 fully saturated rings. The first-order valence-corrected chi connectivity index (χ1v) is 12.9. The minimum atomic E-state index is -0.494. The smallest absolute Gasteiger partial charge is 0.272 e. The monoisotopic (exact) mass is 542 g/mol. The van der Waals surface area contributed by atoms with Gasteiger partial charge in [-0.3, -0.25) is 19.4 Å². The first-order valence-electron chi connectivity index (χ1n) is 11.5.